The van der Waals surface area contributed by atoms with E-state index in [0.29, 0.717) is 5.82 Å². The number of fused-ring (bicyclic) bond motifs is 1. The maximum Gasteiger partial charge on any atom is 0.164 e. The molecule has 2 heterocycles. The van der Waals surface area contributed by atoms with E-state index in [1.165, 1.54) is 5.56 Å². The zero-order valence-electron chi connectivity index (χ0n) is 9.80. The van der Waals surface area contributed by atoms with Gasteiger partial charge in [-0.25, -0.2) is 0 Å². The number of nitrogens with zero attached hydrogens (tertiary/aromatic N) is 3. The zero-order valence-corrected chi connectivity index (χ0v) is 9.80. The number of hydrogen-bond donors (Lipinski definition) is 1. The Kier molecular flexibility index (Phi) is 2.44. The van der Waals surface area contributed by atoms with Gasteiger partial charge in [0.1, 0.15) is 6.10 Å². The molecule has 1 aliphatic heterocycles. The molecule has 4 nitrogen and oxygen atoms in total. The second kappa shape index (κ2) is 3.96. The third-order valence-corrected chi connectivity index (χ3v) is 3.25. The molecule has 88 valence electrons. The number of rotatable bonds is 1. The van der Waals surface area contributed by atoms with Gasteiger partial charge in [0.05, 0.1) is 0 Å². The minimum Gasteiger partial charge on any atom is -0.385 e. The van der Waals surface area contributed by atoms with Gasteiger partial charge in [0, 0.05) is 12.1 Å². The SMILES string of the molecule is Cc1ccc(-c2nnc3n2CCCC3O)cc1. The Morgan fingerprint density at radius 3 is 2.76 bits per heavy atom. The van der Waals surface area contributed by atoms with E-state index in [2.05, 4.69) is 29.3 Å². The van der Waals surface area contributed by atoms with Gasteiger partial charge in [-0.2, -0.15) is 0 Å². The molecule has 2 aromatic rings. The fourth-order valence-corrected chi connectivity index (χ4v) is 2.27. The van der Waals surface area contributed by atoms with Crippen molar-refractivity contribution in [1.82, 2.24) is 14.8 Å². The molecule has 0 fully saturated rings. The van der Waals surface area contributed by atoms with Gasteiger partial charge in [-0.05, 0) is 19.8 Å². The Hall–Kier alpha value is -1.68. The number of hydrogen-bond acceptors (Lipinski definition) is 3. The highest BCUT2D eigenvalue weighted by Crippen LogP contribution is 2.28. The van der Waals surface area contributed by atoms with Crippen molar-refractivity contribution in [3.05, 3.63) is 35.7 Å². The predicted octanol–water partition coefficient (Wildman–Crippen LogP) is 2.08. The van der Waals surface area contributed by atoms with Crippen LogP contribution in [0.3, 0.4) is 0 Å². The van der Waals surface area contributed by atoms with Gasteiger partial charge in [-0.3, -0.25) is 0 Å². The maximum atomic E-state index is 9.84. The summed E-state index contributed by atoms with van der Waals surface area (Å²) in [5.41, 5.74) is 2.29. The Morgan fingerprint density at radius 1 is 1.24 bits per heavy atom. The highest BCUT2D eigenvalue weighted by molar-refractivity contribution is 5.56. The molecular weight excluding hydrogens is 214 g/mol. The molecule has 1 aromatic carbocycles. The Bertz CT molecular complexity index is 530. The van der Waals surface area contributed by atoms with Crippen molar-refractivity contribution in [1.29, 1.82) is 0 Å². The second-order valence-corrected chi connectivity index (χ2v) is 4.56. The molecule has 0 amide bonds. The molecule has 1 atom stereocenters. The van der Waals surface area contributed by atoms with Crippen molar-refractivity contribution in [2.45, 2.75) is 32.4 Å². The third kappa shape index (κ3) is 1.74. The first-order valence-electron chi connectivity index (χ1n) is 5.94. The summed E-state index contributed by atoms with van der Waals surface area (Å²) in [6.45, 7) is 2.95. The van der Waals surface area contributed by atoms with E-state index in [1.807, 2.05) is 16.7 Å². The number of benzene rings is 1. The number of aryl methyl sites for hydroxylation is 1. The molecule has 1 aromatic heterocycles. The van der Waals surface area contributed by atoms with Gasteiger partial charge in [0.25, 0.3) is 0 Å². The molecule has 1 N–H and O–H groups in total. The maximum absolute atomic E-state index is 9.84. The van der Waals surface area contributed by atoms with Crippen molar-refractivity contribution in [2.75, 3.05) is 0 Å². The first-order chi connectivity index (χ1) is 8.25. The quantitative estimate of drug-likeness (QED) is 0.814. The molecule has 17 heavy (non-hydrogen) atoms. The van der Waals surface area contributed by atoms with Crippen LogP contribution in [0, 0.1) is 6.92 Å². The summed E-state index contributed by atoms with van der Waals surface area (Å²) in [6.07, 6.45) is 1.30. The van der Waals surface area contributed by atoms with Crippen LogP contribution in [-0.4, -0.2) is 19.9 Å². The van der Waals surface area contributed by atoms with Crippen LogP contribution in [0.5, 0.6) is 0 Å². The number of aromatic nitrogens is 3. The Morgan fingerprint density at radius 2 is 2.00 bits per heavy atom. The lowest BCUT2D eigenvalue weighted by atomic mass is 10.1. The van der Waals surface area contributed by atoms with Crippen LogP contribution < -0.4 is 0 Å². The molecule has 4 heteroatoms. The predicted molar refractivity (Wildman–Crippen MR) is 64.4 cm³/mol. The first-order valence-corrected chi connectivity index (χ1v) is 5.94. The van der Waals surface area contributed by atoms with Crippen LogP contribution in [0.25, 0.3) is 11.4 Å². The summed E-state index contributed by atoms with van der Waals surface area (Å²) in [5.74, 6) is 1.56. The van der Waals surface area contributed by atoms with Gasteiger partial charge in [-0.1, -0.05) is 29.8 Å². The fourth-order valence-electron chi connectivity index (χ4n) is 2.27. The molecule has 0 bridgehead atoms. The highest BCUT2D eigenvalue weighted by atomic mass is 16.3. The molecule has 3 rings (SSSR count). The van der Waals surface area contributed by atoms with Crippen molar-refractivity contribution in [2.24, 2.45) is 0 Å². The van der Waals surface area contributed by atoms with E-state index >= 15 is 0 Å². The minimum absolute atomic E-state index is 0.463. The highest BCUT2D eigenvalue weighted by Gasteiger charge is 2.23. The summed E-state index contributed by atoms with van der Waals surface area (Å²) in [5, 5.41) is 18.1. The molecule has 1 unspecified atom stereocenters. The number of aliphatic hydroxyl groups is 1. The van der Waals surface area contributed by atoms with Crippen molar-refractivity contribution >= 4 is 0 Å². The first kappa shape index (κ1) is 10.5. The van der Waals surface area contributed by atoms with Gasteiger partial charge in [0.2, 0.25) is 0 Å². The molecule has 0 radical (unpaired) electrons. The van der Waals surface area contributed by atoms with Gasteiger partial charge in [0.15, 0.2) is 11.6 Å². The van der Waals surface area contributed by atoms with Crippen molar-refractivity contribution in [3.8, 4) is 11.4 Å². The monoisotopic (exact) mass is 229 g/mol. The number of aliphatic hydroxyl groups excluding tert-OH is 1. The summed E-state index contributed by atoms with van der Waals surface area (Å²) in [4.78, 5) is 0. The van der Waals surface area contributed by atoms with Gasteiger partial charge >= 0.3 is 0 Å². The van der Waals surface area contributed by atoms with Gasteiger partial charge in [-0.15, -0.1) is 10.2 Å². The molecule has 0 saturated carbocycles. The second-order valence-electron chi connectivity index (χ2n) is 4.56. The van der Waals surface area contributed by atoms with Crippen LogP contribution in [0.1, 0.15) is 30.3 Å². The van der Waals surface area contributed by atoms with E-state index in [4.69, 9.17) is 0 Å². The molecule has 1 aliphatic rings. The van der Waals surface area contributed by atoms with E-state index in [-0.39, 0.29) is 0 Å². The lowest BCUT2D eigenvalue weighted by molar-refractivity contribution is 0.134. The average Bonchev–Trinajstić information content (AvgIpc) is 2.75. The van der Waals surface area contributed by atoms with Crippen LogP contribution in [0.15, 0.2) is 24.3 Å². The summed E-state index contributed by atoms with van der Waals surface area (Å²) < 4.78 is 2.03. The average molecular weight is 229 g/mol. The van der Waals surface area contributed by atoms with Gasteiger partial charge < -0.3 is 9.67 Å². The molecule has 0 saturated heterocycles. The molecule has 0 aliphatic carbocycles. The topological polar surface area (TPSA) is 50.9 Å². The molecular formula is C13H15N3O. The lowest BCUT2D eigenvalue weighted by Crippen LogP contribution is -2.16. The minimum atomic E-state index is -0.463. The van der Waals surface area contributed by atoms with E-state index < -0.39 is 6.10 Å². The van der Waals surface area contributed by atoms with Crippen LogP contribution in [0.2, 0.25) is 0 Å². The van der Waals surface area contributed by atoms with E-state index in [1.54, 1.807) is 0 Å². The van der Waals surface area contributed by atoms with Crippen molar-refractivity contribution < 1.29 is 5.11 Å². The van der Waals surface area contributed by atoms with Crippen LogP contribution in [0.4, 0.5) is 0 Å². The Balaban J connectivity index is 2.07. The standard InChI is InChI=1S/C13H15N3O/c1-9-4-6-10(7-5-9)12-14-15-13-11(17)3-2-8-16(12)13/h4-7,11,17H,2-3,8H2,1H3. The molecule has 0 spiro atoms. The van der Waals surface area contributed by atoms with Crippen LogP contribution in [-0.2, 0) is 6.54 Å². The fraction of sp³-hybridized carbons (Fsp3) is 0.385. The lowest BCUT2D eigenvalue weighted by Gasteiger charge is -2.19. The van der Waals surface area contributed by atoms with Crippen molar-refractivity contribution in [3.63, 3.8) is 0 Å². The van der Waals surface area contributed by atoms with E-state index in [9.17, 15) is 5.11 Å². The third-order valence-electron chi connectivity index (χ3n) is 3.25. The van der Waals surface area contributed by atoms with E-state index in [0.717, 1.165) is 30.8 Å². The van der Waals surface area contributed by atoms with Crippen LogP contribution >= 0.6 is 0 Å². The normalized spacial score (nSPS) is 19.1. The Labute approximate surface area is 99.9 Å². The summed E-state index contributed by atoms with van der Waals surface area (Å²) in [7, 11) is 0. The summed E-state index contributed by atoms with van der Waals surface area (Å²) >= 11 is 0. The zero-order chi connectivity index (χ0) is 11.8. The smallest absolute Gasteiger partial charge is 0.164 e. The summed E-state index contributed by atoms with van der Waals surface area (Å²) in [6, 6.07) is 8.23. The largest absolute Gasteiger partial charge is 0.385 e.